The van der Waals surface area contributed by atoms with Crippen molar-refractivity contribution in [2.75, 3.05) is 12.3 Å². The third-order valence-corrected chi connectivity index (χ3v) is 1.34. The van der Waals surface area contributed by atoms with E-state index in [1.807, 2.05) is 0 Å². The molecule has 4 heteroatoms. The van der Waals surface area contributed by atoms with Crippen molar-refractivity contribution in [3.8, 4) is 0 Å². The molecule has 9 heavy (non-hydrogen) atoms. The lowest BCUT2D eigenvalue weighted by Crippen LogP contribution is -2.30. The Labute approximate surface area is 58.6 Å². The van der Waals surface area contributed by atoms with Gasteiger partial charge in [0.1, 0.15) is 0 Å². The molecule has 0 spiro atoms. The molecule has 0 aromatic heterocycles. The average molecular weight is 147 g/mol. The van der Waals surface area contributed by atoms with Crippen LogP contribution in [0.3, 0.4) is 0 Å². The summed E-state index contributed by atoms with van der Waals surface area (Å²) < 4.78 is 0. The summed E-state index contributed by atoms with van der Waals surface area (Å²) in [6.07, 6.45) is 0.928. The molecule has 52 valence electrons. The molecule has 0 aliphatic carbocycles. The zero-order chi connectivity index (χ0) is 7.11. The van der Waals surface area contributed by atoms with Crippen LogP contribution >= 0.6 is 0 Å². The van der Waals surface area contributed by atoms with Gasteiger partial charge in [0.05, 0.1) is 0 Å². The molecular weight excluding hydrogens is 136 g/mol. The molecule has 0 rings (SSSR count). The molecule has 0 aromatic carbocycles. The van der Waals surface area contributed by atoms with Crippen molar-refractivity contribution in [1.82, 2.24) is 5.32 Å². The third-order valence-electron chi connectivity index (χ3n) is 0.765. The molecular formula is C5H11N2OS+. The van der Waals surface area contributed by atoms with E-state index in [2.05, 4.69) is 11.2 Å². The van der Waals surface area contributed by atoms with E-state index in [1.165, 1.54) is 11.4 Å². The summed E-state index contributed by atoms with van der Waals surface area (Å²) >= 11 is 1.51. The monoisotopic (exact) mass is 147 g/mol. The Hall–Kier alpha value is -0.640. The molecule has 0 radical (unpaired) electrons. The lowest BCUT2D eigenvalue weighted by atomic mass is 10.5. The predicted molar refractivity (Wildman–Crippen MR) is 41.6 cm³/mol. The van der Waals surface area contributed by atoms with Gasteiger partial charge in [-0.15, -0.1) is 0 Å². The molecule has 2 amide bonds. The Morgan fingerprint density at radius 3 is 2.89 bits per heavy atom. The fourth-order valence-corrected chi connectivity index (χ4v) is 0.734. The van der Waals surface area contributed by atoms with Crippen molar-refractivity contribution in [1.29, 1.82) is 0 Å². The maximum absolute atomic E-state index is 10.1. The first-order chi connectivity index (χ1) is 4.27. The van der Waals surface area contributed by atoms with Gasteiger partial charge in [0.15, 0.2) is 23.0 Å². The zero-order valence-electron chi connectivity index (χ0n) is 5.22. The number of amides is 2. The normalized spacial score (nSPS) is 8.44. The van der Waals surface area contributed by atoms with E-state index < -0.39 is 6.03 Å². The maximum atomic E-state index is 10.1. The van der Waals surface area contributed by atoms with Gasteiger partial charge in [-0.1, -0.05) is 0 Å². The van der Waals surface area contributed by atoms with E-state index in [0.717, 1.165) is 12.2 Å². The number of hydrogen-bond donors (Lipinski definition) is 2. The summed E-state index contributed by atoms with van der Waals surface area (Å²) in [7, 11) is 0. The Morgan fingerprint density at radius 2 is 2.44 bits per heavy atom. The van der Waals surface area contributed by atoms with E-state index in [1.54, 1.807) is 0 Å². The van der Waals surface area contributed by atoms with Gasteiger partial charge in [-0.25, -0.2) is 4.79 Å². The third kappa shape index (κ3) is 7.36. The van der Waals surface area contributed by atoms with Crippen molar-refractivity contribution in [2.24, 2.45) is 5.73 Å². The van der Waals surface area contributed by atoms with Crippen LogP contribution in [0.15, 0.2) is 0 Å². The minimum atomic E-state index is -0.455. The molecule has 3 nitrogen and oxygen atoms in total. The quantitative estimate of drug-likeness (QED) is 0.316. The highest BCUT2D eigenvalue weighted by Crippen LogP contribution is 1.72. The van der Waals surface area contributed by atoms with Crippen LogP contribution in [0.4, 0.5) is 4.79 Å². The number of primary amides is 1. The Balaban J connectivity index is 2.91. The Bertz CT molecular complexity index is 105. The van der Waals surface area contributed by atoms with Crippen molar-refractivity contribution < 1.29 is 4.79 Å². The first kappa shape index (κ1) is 8.36. The first-order valence-corrected chi connectivity index (χ1v) is 3.83. The van der Waals surface area contributed by atoms with Crippen LogP contribution in [0.25, 0.3) is 0 Å². The number of hydrogen-bond acceptors (Lipinski definition) is 1. The maximum Gasteiger partial charge on any atom is 0.312 e. The van der Waals surface area contributed by atoms with Crippen LogP contribution < -0.4 is 11.1 Å². The summed E-state index contributed by atoms with van der Waals surface area (Å²) in [6.45, 7) is 0.651. The highest BCUT2D eigenvalue weighted by Gasteiger charge is 1.92. The van der Waals surface area contributed by atoms with Gasteiger partial charge in [-0.3, -0.25) is 0 Å². The van der Waals surface area contributed by atoms with E-state index in [9.17, 15) is 4.79 Å². The SMILES string of the molecule is C=[S+]CCCNC(N)=O. The molecule has 0 bridgehead atoms. The van der Waals surface area contributed by atoms with E-state index in [4.69, 9.17) is 5.73 Å². The molecule has 0 aliphatic rings. The lowest BCUT2D eigenvalue weighted by Gasteiger charge is -1.93. The second-order valence-corrected chi connectivity index (χ2v) is 2.37. The van der Waals surface area contributed by atoms with Crippen LogP contribution in [0.2, 0.25) is 0 Å². The van der Waals surface area contributed by atoms with Gasteiger partial charge in [0, 0.05) is 13.0 Å². The van der Waals surface area contributed by atoms with Gasteiger partial charge >= 0.3 is 6.03 Å². The highest BCUT2D eigenvalue weighted by atomic mass is 32.1. The predicted octanol–water partition coefficient (Wildman–Crippen LogP) is -0.441. The number of urea groups is 1. The van der Waals surface area contributed by atoms with Crippen molar-refractivity contribution in [3.05, 3.63) is 0 Å². The summed E-state index contributed by atoms with van der Waals surface area (Å²) in [6, 6.07) is -0.455. The number of carbonyl (C=O) groups is 1. The minimum Gasteiger partial charge on any atom is -0.352 e. The smallest absolute Gasteiger partial charge is 0.312 e. The standard InChI is InChI=1S/C5H10N2OS/c1-9-4-2-3-7-5(6)8/h1-4H2,(H2-,6,7,8)/p+1. The summed E-state index contributed by atoms with van der Waals surface area (Å²) in [5, 5.41) is 2.48. The van der Waals surface area contributed by atoms with Crippen LogP contribution in [0.1, 0.15) is 6.42 Å². The Morgan fingerprint density at radius 1 is 1.78 bits per heavy atom. The van der Waals surface area contributed by atoms with E-state index in [-0.39, 0.29) is 0 Å². The summed E-state index contributed by atoms with van der Waals surface area (Å²) in [5.74, 6) is 4.53. The van der Waals surface area contributed by atoms with Crippen LogP contribution in [0, 0.1) is 0 Å². The molecule has 0 saturated heterocycles. The molecule has 3 N–H and O–H groups in total. The van der Waals surface area contributed by atoms with Crippen molar-refractivity contribution in [3.63, 3.8) is 0 Å². The Kier molecular flexibility index (Phi) is 5.11. The fraction of sp³-hybridized carbons (Fsp3) is 0.600. The molecule has 0 unspecified atom stereocenters. The number of nitrogens with two attached hydrogens (primary N) is 1. The topological polar surface area (TPSA) is 55.1 Å². The molecule has 0 aromatic rings. The van der Waals surface area contributed by atoms with Gasteiger partial charge in [0.2, 0.25) is 0 Å². The molecule has 0 fully saturated rings. The van der Waals surface area contributed by atoms with Crippen LogP contribution in [-0.2, 0) is 11.4 Å². The molecule has 0 atom stereocenters. The number of carbonyl (C=O) groups excluding carboxylic acids is 1. The second kappa shape index (κ2) is 5.50. The highest BCUT2D eigenvalue weighted by molar-refractivity contribution is 7.76. The van der Waals surface area contributed by atoms with Crippen molar-refractivity contribution in [2.45, 2.75) is 6.42 Å². The largest absolute Gasteiger partial charge is 0.352 e. The first-order valence-electron chi connectivity index (χ1n) is 2.67. The second-order valence-electron chi connectivity index (χ2n) is 1.55. The summed E-state index contributed by atoms with van der Waals surface area (Å²) in [4.78, 5) is 10.1. The number of rotatable bonds is 4. The van der Waals surface area contributed by atoms with Crippen LogP contribution in [0.5, 0.6) is 0 Å². The number of nitrogens with one attached hydrogen (secondary N) is 1. The van der Waals surface area contributed by atoms with Gasteiger partial charge in [0.25, 0.3) is 0 Å². The van der Waals surface area contributed by atoms with Gasteiger partial charge in [-0.2, -0.15) is 0 Å². The van der Waals surface area contributed by atoms with Crippen molar-refractivity contribution >= 4 is 23.3 Å². The fourth-order valence-electron chi connectivity index (χ4n) is 0.386. The minimum absolute atomic E-state index is 0.455. The van der Waals surface area contributed by atoms with Gasteiger partial charge < -0.3 is 11.1 Å². The average Bonchev–Trinajstić information content (AvgIpc) is 1.80. The summed E-state index contributed by atoms with van der Waals surface area (Å²) in [5.41, 5.74) is 4.80. The zero-order valence-corrected chi connectivity index (χ0v) is 6.04. The van der Waals surface area contributed by atoms with E-state index in [0.29, 0.717) is 6.54 Å². The van der Waals surface area contributed by atoms with Gasteiger partial charge in [-0.05, 0) is 0 Å². The van der Waals surface area contributed by atoms with E-state index >= 15 is 0 Å². The van der Waals surface area contributed by atoms with Crippen LogP contribution in [-0.4, -0.2) is 24.2 Å². The molecule has 0 aliphatic heterocycles. The lowest BCUT2D eigenvalue weighted by molar-refractivity contribution is 0.249. The molecule has 0 heterocycles. The molecule has 0 saturated carbocycles.